The van der Waals surface area contributed by atoms with E-state index in [4.69, 9.17) is 4.74 Å². The Bertz CT molecular complexity index is 196. The van der Waals surface area contributed by atoms with E-state index < -0.39 is 0 Å². The minimum Gasteiger partial charge on any atom is -0.478 e. The van der Waals surface area contributed by atoms with E-state index in [2.05, 4.69) is 11.9 Å². The Labute approximate surface area is 86.8 Å². The zero-order valence-electron chi connectivity index (χ0n) is 9.11. The first kappa shape index (κ1) is 10.0. The Morgan fingerprint density at radius 1 is 1.21 bits per heavy atom. The Morgan fingerprint density at radius 3 is 2.64 bits per heavy atom. The molecule has 1 aliphatic carbocycles. The van der Waals surface area contributed by atoms with Gasteiger partial charge < -0.3 is 4.74 Å². The predicted octanol–water partition coefficient (Wildman–Crippen LogP) is 3.16. The lowest BCUT2D eigenvalue weighted by atomic mass is 9.85. The summed E-state index contributed by atoms with van der Waals surface area (Å²) in [6.07, 6.45) is 11.8. The van der Waals surface area contributed by atoms with E-state index in [0.717, 1.165) is 5.92 Å². The fourth-order valence-electron chi connectivity index (χ4n) is 2.61. The van der Waals surface area contributed by atoms with E-state index in [0.29, 0.717) is 12.1 Å². The van der Waals surface area contributed by atoms with E-state index in [-0.39, 0.29) is 0 Å². The first-order chi connectivity index (χ1) is 6.86. The Balaban J connectivity index is 1.68. The van der Waals surface area contributed by atoms with Gasteiger partial charge in [-0.05, 0) is 25.7 Å². The maximum atomic E-state index is 5.31. The first-order valence-electron chi connectivity index (χ1n) is 6.03. The zero-order valence-corrected chi connectivity index (χ0v) is 9.11. The minimum absolute atomic E-state index is 0.318. The van der Waals surface area contributed by atoms with Gasteiger partial charge in [0.2, 0.25) is 0 Å². The molecular formula is C12H21NO. The highest BCUT2D eigenvalue weighted by atomic mass is 16.5. The van der Waals surface area contributed by atoms with Gasteiger partial charge in [0.15, 0.2) is 6.40 Å². The molecular weight excluding hydrogens is 174 g/mol. The van der Waals surface area contributed by atoms with Crippen LogP contribution in [0, 0.1) is 5.92 Å². The number of aliphatic imine (C=N–C) groups is 1. The summed E-state index contributed by atoms with van der Waals surface area (Å²) in [7, 11) is 0. The van der Waals surface area contributed by atoms with Gasteiger partial charge in [-0.3, -0.25) is 4.99 Å². The number of ether oxygens (including phenoxy) is 1. The summed E-state index contributed by atoms with van der Waals surface area (Å²) in [4.78, 5) is 4.35. The number of rotatable bonds is 3. The second-order valence-corrected chi connectivity index (χ2v) is 4.74. The van der Waals surface area contributed by atoms with Crippen LogP contribution in [0.4, 0.5) is 0 Å². The molecule has 0 aromatic carbocycles. The van der Waals surface area contributed by atoms with Crippen LogP contribution in [0.5, 0.6) is 0 Å². The van der Waals surface area contributed by atoms with Crippen LogP contribution in [0.1, 0.15) is 51.9 Å². The summed E-state index contributed by atoms with van der Waals surface area (Å²) in [6, 6.07) is 0.442. The van der Waals surface area contributed by atoms with Crippen LogP contribution >= 0.6 is 0 Å². The topological polar surface area (TPSA) is 21.6 Å². The van der Waals surface area contributed by atoms with Gasteiger partial charge in [0.05, 0.1) is 6.04 Å². The molecule has 0 N–H and O–H groups in total. The van der Waals surface area contributed by atoms with Crippen molar-refractivity contribution in [1.82, 2.24) is 0 Å². The van der Waals surface area contributed by atoms with Crippen LogP contribution in [0.3, 0.4) is 0 Å². The molecule has 2 atom stereocenters. The number of nitrogens with zero attached hydrogens (tertiary/aromatic N) is 1. The van der Waals surface area contributed by atoms with E-state index in [9.17, 15) is 0 Å². The molecule has 1 fully saturated rings. The molecule has 0 aromatic rings. The van der Waals surface area contributed by atoms with Crippen molar-refractivity contribution in [3.63, 3.8) is 0 Å². The van der Waals surface area contributed by atoms with Crippen molar-refractivity contribution in [2.75, 3.05) is 0 Å². The largest absolute Gasteiger partial charge is 0.478 e. The summed E-state index contributed by atoms with van der Waals surface area (Å²) in [5, 5.41) is 0. The highest BCUT2D eigenvalue weighted by molar-refractivity contribution is 5.49. The number of hydrogen-bond acceptors (Lipinski definition) is 2. The molecule has 2 heteroatoms. The molecule has 1 aliphatic heterocycles. The van der Waals surface area contributed by atoms with Crippen LogP contribution in [0.25, 0.3) is 0 Å². The maximum Gasteiger partial charge on any atom is 0.170 e. The molecule has 0 spiro atoms. The Kier molecular flexibility index (Phi) is 3.44. The van der Waals surface area contributed by atoms with Crippen molar-refractivity contribution < 1.29 is 4.74 Å². The van der Waals surface area contributed by atoms with Gasteiger partial charge in [-0.1, -0.05) is 32.1 Å². The monoisotopic (exact) mass is 195 g/mol. The van der Waals surface area contributed by atoms with Gasteiger partial charge in [-0.25, -0.2) is 0 Å². The van der Waals surface area contributed by atoms with E-state index >= 15 is 0 Å². The van der Waals surface area contributed by atoms with Crippen molar-refractivity contribution >= 4 is 6.40 Å². The third-order valence-corrected chi connectivity index (χ3v) is 3.67. The summed E-state index contributed by atoms with van der Waals surface area (Å²) >= 11 is 0. The molecule has 0 amide bonds. The maximum absolute atomic E-state index is 5.31. The van der Waals surface area contributed by atoms with Gasteiger partial charge in [0, 0.05) is 0 Å². The zero-order chi connectivity index (χ0) is 9.80. The summed E-state index contributed by atoms with van der Waals surface area (Å²) < 4.78 is 5.31. The SMILES string of the molecule is CC1OC=NC1CCC1CCCCC1. The summed E-state index contributed by atoms with van der Waals surface area (Å²) in [5.74, 6) is 0.978. The van der Waals surface area contributed by atoms with Crippen LogP contribution in [-0.4, -0.2) is 18.5 Å². The van der Waals surface area contributed by atoms with Crippen LogP contribution < -0.4 is 0 Å². The molecule has 2 aliphatic rings. The second kappa shape index (κ2) is 4.81. The molecule has 0 aromatic heterocycles. The molecule has 0 radical (unpaired) electrons. The van der Waals surface area contributed by atoms with Crippen LogP contribution in [0.15, 0.2) is 4.99 Å². The van der Waals surface area contributed by atoms with Gasteiger partial charge >= 0.3 is 0 Å². The standard InChI is InChI=1S/C12H21NO/c1-10-12(13-9-14-10)8-7-11-5-3-2-4-6-11/h9-12H,2-8H2,1H3. The first-order valence-corrected chi connectivity index (χ1v) is 6.03. The van der Waals surface area contributed by atoms with Crippen LogP contribution in [0.2, 0.25) is 0 Å². The lowest BCUT2D eigenvalue weighted by molar-refractivity contribution is 0.206. The van der Waals surface area contributed by atoms with E-state index in [1.807, 2.05) is 0 Å². The lowest BCUT2D eigenvalue weighted by Crippen LogP contribution is -2.19. The molecule has 0 saturated heterocycles. The highest BCUT2D eigenvalue weighted by Gasteiger charge is 2.23. The fourth-order valence-corrected chi connectivity index (χ4v) is 2.61. The van der Waals surface area contributed by atoms with Crippen molar-refractivity contribution in [1.29, 1.82) is 0 Å². The molecule has 80 valence electrons. The summed E-state index contributed by atoms with van der Waals surface area (Å²) in [6.45, 7) is 2.12. The fraction of sp³-hybridized carbons (Fsp3) is 0.917. The van der Waals surface area contributed by atoms with E-state index in [1.165, 1.54) is 44.9 Å². The molecule has 1 heterocycles. The average Bonchev–Trinajstić information content (AvgIpc) is 2.63. The smallest absolute Gasteiger partial charge is 0.170 e. The summed E-state index contributed by atoms with van der Waals surface area (Å²) in [5.41, 5.74) is 0. The molecule has 2 rings (SSSR count). The van der Waals surface area contributed by atoms with Gasteiger partial charge in [0.25, 0.3) is 0 Å². The highest BCUT2D eigenvalue weighted by Crippen LogP contribution is 2.29. The van der Waals surface area contributed by atoms with E-state index in [1.54, 1.807) is 6.40 Å². The average molecular weight is 195 g/mol. The Hall–Kier alpha value is -0.530. The predicted molar refractivity (Wildman–Crippen MR) is 58.6 cm³/mol. The van der Waals surface area contributed by atoms with Gasteiger partial charge in [-0.15, -0.1) is 0 Å². The van der Waals surface area contributed by atoms with Crippen molar-refractivity contribution in [2.24, 2.45) is 10.9 Å². The van der Waals surface area contributed by atoms with Gasteiger partial charge in [-0.2, -0.15) is 0 Å². The third kappa shape index (κ3) is 2.49. The quantitative estimate of drug-likeness (QED) is 0.678. The third-order valence-electron chi connectivity index (χ3n) is 3.67. The molecule has 0 bridgehead atoms. The normalized spacial score (nSPS) is 33.2. The van der Waals surface area contributed by atoms with Crippen molar-refractivity contribution in [2.45, 2.75) is 64.0 Å². The Morgan fingerprint density at radius 2 is 2.00 bits per heavy atom. The minimum atomic E-state index is 0.318. The van der Waals surface area contributed by atoms with Crippen molar-refractivity contribution in [3.8, 4) is 0 Å². The molecule has 1 saturated carbocycles. The second-order valence-electron chi connectivity index (χ2n) is 4.74. The molecule has 2 unspecified atom stereocenters. The lowest BCUT2D eigenvalue weighted by Gasteiger charge is -2.22. The number of hydrogen-bond donors (Lipinski definition) is 0. The molecule has 14 heavy (non-hydrogen) atoms. The van der Waals surface area contributed by atoms with Crippen molar-refractivity contribution in [3.05, 3.63) is 0 Å². The van der Waals surface area contributed by atoms with Crippen LogP contribution in [-0.2, 0) is 4.74 Å². The van der Waals surface area contributed by atoms with Gasteiger partial charge in [0.1, 0.15) is 6.10 Å². The molecule has 2 nitrogen and oxygen atoms in total.